The number of carbonyl (C=O) groups excluding carboxylic acids is 1. The smallest absolute Gasteiger partial charge is 0.254 e. The van der Waals surface area contributed by atoms with Crippen molar-refractivity contribution in [1.82, 2.24) is 15.2 Å². The Morgan fingerprint density at radius 1 is 1.19 bits per heavy atom. The number of carbonyl (C=O) groups is 1. The third-order valence-electron chi connectivity index (χ3n) is 4.65. The first kappa shape index (κ1) is 19.6. The van der Waals surface area contributed by atoms with Crippen molar-refractivity contribution >= 4 is 17.7 Å². The molecule has 1 amide bonds. The maximum atomic E-state index is 12.8. The van der Waals surface area contributed by atoms with Gasteiger partial charge in [0, 0.05) is 36.8 Å². The summed E-state index contributed by atoms with van der Waals surface area (Å²) in [4.78, 5) is 20.8. The van der Waals surface area contributed by atoms with Crippen LogP contribution in [-0.4, -0.2) is 41.5 Å². The van der Waals surface area contributed by atoms with Crippen LogP contribution < -0.4 is 5.32 Å². The second-order valence-electron chi connectivity index (χ2n) is 7.10. The SMILES string of the molecule is CC(C)=CCN1CCC(NC(=O)c2cccnc2Sc2ccccc2)CC1. The maximum Gasteiger partial charge on any atom is 0.254 e. The summed E-state index contributed by atoms with van der Waals surface area (Å²) in [6.45, 7) is 7.31. The number of amides is 1. The van der Waals surface area contributed by atoms with Gasteiger partial charge in [-0.25, -0.2) is 4.98 Å². The molecule has 0 unspecified atom stereocenters. The molecule has 0 radical (unpaired) electrons. The minimum Gasteiger partial charge on any atom is -0.349 e. The number of piperidine rings is 1. The van der Waals surface area contributed by atoms with Gasteiger partial charge >= 0.3 is 0 Å². The second kappa shape index (κ2) is 9.72. The highest BCUT2D eigenvalue weighted by Crippen LogP contribution is 2.28. The molecule has 5 heteroatoms. The van der Waals surface area contributed by atoms with E-state index in [1.54, 1.807) is 6.20 Å². The number of hydrogen-bond acceptors (Lipinski definition) is 4. The second-order valence-corrected chi connectivity index (χ2v) is 8.16. The van der Waals surface area contributed by atoms with Crippen molar-refractivity contribution < 1.29 is 4.79 Å². The van der Waals surface area contributed by atoms with E-state index >= 15 is 0 Å². The molecule has 1 fully saturated rings. The van der Waals surface area contributed by atoms with Gasteiger partial charge in [0.25, 0.3) is 5.91 Å². The highest BCUT2D eigenvalue weighted by Gasteiger charge is 2.22. The molecule has 142 valence electrons. The van der Waals surface area contributed by atoms with E-state index in [1.807, 2.05) is 42.5 Å². The lowest BCUT2D eigenvalue weighted by atomic mass is 10.0. The summed E-state index contributed by atoms with van der Waals surface area (Å²) in [6, 6.07) is 14.0. The quantitative estimate of drug-likeness (QED) is 0.754. The standard InChI is InChI=1S/C22H27N3OS/c1-17(2)10-14-25-15-11-18(12-16-25)24-21(26)20-9-6-13-23-22(20)27-19-7-4-3-5-8-19/h3-10,13,18H,11-12,14-16H2,1-2H3,(H,24,26). The third kappa shape index (κ3) is 5.94. The minimum atomic E-state index is -0.0238. The third-order valence-corrected chi connectivity index (χ3v) is 5.68. The number of aromatic nitrogens is 1. The Morgan fingerprint density at radius 2 is 1.93 bits per heavy atom. The zero-order valence-electron chi connectivity index (χ0n) is 16.0. The molecule has 0 bridgehead atoms. The molecular formula is C22H27N3OS. The molecule has 0 spiro atoms. The largest absolute Gasteiger partial charge is 0.349 e. The highest BCUT2D eigenvalue weighted by atomic mass is 32.2. The fraction of sp³-hybridized carbons (Fsp3) is 0.364. The van der Waals surface area contributed by atoms with Crippen molar-refractivity contribution in [2.24, 2.45) is 0 Å². The zero-order valence-corrected chi connectivity index (χ0v) is 16.8. The van der Waals surface area contributed by atoms with E-state index in [0.717, 1.165) is 42.4 Å². The van der Waals surface area contributed by atoms with Crippen LogP contribution in [0.25, 0.3) is 0 Å². The average molecular weight is 382 g/mol. The van der Waals surface area contributed by atoms with Crippen molar-refractivity contribution in [2.45, 2.75) is 42.7 Å². The van der Waals surface area contributed by atoms with E-state index in [-0.39, 0.29) is 11.9 Å². The number of allylic oxidation sites excluding steroid dienone is 1. The first-order valence-corrected chi connectivity index (χ1v) is 10.3. The number of likely N-dealkylation sites (tertiary alicyclic amines) is 1. The number of rotatable bonds is 6. The van der Waals surface area contributed by atoms with Gasteiger partial charge in [-0.15, -0.1) is 0 Å². The maximum absolute atomic E-state index is 12.8. The zero-order chi connectivity index (χ0) is 19.1. The molecule has 1 aliphatic rings. The summed E-state index contributed by atoms with van der Waals surface area (Å²) in [5.74, 6) is -0.0238. The van der Waals surface area contributed by atoms with Crippen LogP contribution in [0.2, 0.25) is 0 Å². The van der Waals surface area contributed by atoms with Gasteiger partial charge in [-0.05, 0) is 51.0 Å². The Bertz CT molecular complexity index is 779. The average Bonchev–Trinajstić information content (AvgIpc) is 2.68. The van der Waals surface area contributed by atoms with E-state index in [4.69, 9.17) is 0 Å². The van der Waals surface area contributed by atoms with E-state index in [2.05, 4.69) is 35.1 Å². The molecule has 0 aliphatic carbocycles. The Morgan fingerprint density at radius 3 is 2.63 bits per heavy atom. The Balaban J connectivity index is 1.58. The number of benzene rings is 1. The van der Waals surface area contributed by atoms with Crippen LogP contribution in [0.4, 0.5) is 0 Å². The van der Waals surface area contributed by atoms with Crippen molar-refractivity contribution in [3.05, 3.63) is 65.9 Å². The summed E-state index contributed by atoms with van der Waals surface area (Å²) in [5.41, 5.74) is 2.00. The van der Waals surface area contributed by atoms with E-state index < -0.39 is 0 Å². The fourth-order valence-electron chi connectivity index (χ4n) is 3.08. The molecule has 1 aromatic carbocycles. The van der Waals surface area contributed by atoms with Gasteiger partial charge in [0.1, 0.15) is 5.03 Å². The topological polar surface area (TPSA) is 45.2 Å². The number of nitrogens with one attached hydrogen (secondary N) is 1. The molecule has 27 heavy (non-hydrogen) atoms. The number of pyridine rings is 1. The van der Waals surface area contributed by atoms with Gasteiger partial charge < -0.3 is 5.32 Å². The van der Waals surface area contributed by atoms with Crippen molar-refractivity contribution in [1.29, 1.82) is 0 Å². The van der Waals surface area contributed by atoms with Gasteiger partial charge in [0.2, 0.25) is 0 Å². The lowest BCUT2D eigenvalue weighted by molar-refractivity contribution is 0.0910. The molecular weight excluding hydrogens is 354 g/mol. The summed E-state index contributed by atoms with van der Waals surface area (Å²) in [5, 5.41) is 3.96. The van der Waals surface area contributed by atoms with Crippen LogP contribution >= 0.6 is 11.8 Å². The summed E-state index contributed by atoms with van der Waals surface area (Å²) in [6.07, 6.45) is 5.99. The van der Waals surface area contributed by atoms with Gasteiger partial charge in [-0.2, -0.15) is 0 Å². The van der Waals surface area contributed by atoms with E-state index in [9.17, 15) is 4.79 Å². The normalized spacial score (nSPS) is 15.3. The Hall–Kier alpha value is -2.11. The molecule has 3 rings (SSSR count). The van der Waals surface area contributed by atoms with Crippen LogP contribution in [0, 0.1) is 0 Å². The van der Waals surface area contributed by atoms with Gasteiger partial charge in [0.05, 0.1) is 5.56 Å². The molecule has 4 nitrogen and oxygen atoms in total. The van der Waals surface area contributed by atoms with Crippen LogP contribution in [0.1, 0.15) is 37.0 Å². The van der Waals surface area contributed by atoms with Crippen LogP contribution in [0.15, 0.2) is 70.2 Å². The van der Waals surface area contributed by atoms with Crippen LogP contribution in [0.5, 0.6) is 0 Å². The van der Waals surface area contributed by atoms with E-state index in [0.29, 0.717) is 5.56 Å². The van der Waals surface area contributed by atoms with Gasteiger partial charge in [-0.3, -0.25) is 9.69 Å². The molecule has 1 aliphatic heterocycles. The van der Waals surface area contributed by atoms with Crippen molar-refractivity contribution in [3.63, 3.8) is 0 Å². The minimum absolute atomic E-state index is 0.0238. The molecule has 1 saturated heterocycles. The van der Waals surface area contributed by atoms with Gasteiger partial charge in [-0.1, -0.05) is 41.6 Å². The molecule has 1 aromatic heterocycles. The predicted octanol–water partition coefficient (Wildman–Crippen LogP) is 4.39. The molecule has 2 heterocycles. The monoisotopic (exact) mass is 381 g/mol. The molecule has 1 N–H and O–H groups in total. The van der Waals surface area contributed by atoms with Crippen molar-refractivity contribution in [2.75, 3.05) is 19.6 Å². The Kier molecular flexibility index (Phi) is 7.07. The van der Waals surface area contributed by atoms with Gasteiger partial charge in [0.15, 0.2) is 0 Å². The van der Waals surface area contributed by atoms with E-state index in [1.165, 1.54) is 17.3 Å². The first-order valence-electron chi connectivity index (χ1n) is 9.46. The predicted molar refractivity (Wildman–Crippen MR) is 111 cm³/mol. The van der Waals surface area contributed by atoms with Crippen LogP contribution in [-0.2, 0) is 0 Å². The summed E-state index contributed by atoms with van der Waals surface area (Å²) < 4.78 is 0. The summed E-state index contributed by atoms with van der Waals surface area (Å²) in [7, 11) is 0. The Labute approximate surface area is 166 Å². The molecule has 0 saturated carbocycles. The lowest BCUT2D eigenvalue weighted by Crippen LogP contribution is -2.44. The van der Waals surface area contributed by atoms with Crippen LogP contribution in [0.3, 0.4) is 0 Å². The fourth-order valence-corrected chi connectivity index (χ4v) is 3.98. The molecule has 0 atom stereocenters. The lowest BCUT2D eigenvalue weighted by Gasteiger charge is -2.31. The highest BCUT2D eigenvalue weighted by molar-refractivity contribution is 7.99. The number of hydrogen-bond donors (Lipinski definition) is 1. The molecule has 2 aromatic rings. The van der Waals surface area contributed by atoms with Crippen molar-refractivity contribution in [3.8, 4) is 0 Å². The number of nitrogens with zero attached hydrogens (tertiary/aromatic N) is 2. The summed E-state index contributed by atoms with van der Waals surface area (Å²) >= 11 is 1.53. The first-order chi connectivity index (χ1) is 13.1.